The van der Waals surface area contributed by atoms with E-state index in [1.165, 1.54) is 34.3 Å². The highest BCUT2D eigenvalue weighted by Gasteiger charge is 2.37. The molecule has 4 heterocycles. The molecule has 4 atom stereocenters. The van der Waals surface area contributed by atoms with Gasteiger partial charge < -0.3 is 35.0 Å². The van der Waals surface area contributed by atoms with Crippen LogP contribution < -0.4 is 20.1 Å². The Morgan fingerprint density at radius 2 is 1.80 bits per heavy atom. The van der Waals surface area contributed by atoms with Crippen molar-refractivity contribution in [3.8, 4) is 22.8 Å². The molecule has 2 aromatic carbocycles. The Bertz CT molecular complexity index is 1910. The summed E-state index contributed by atoms with van der Waals surface area (Å²) >= 11 is 1.29. The number of benzene rings is 2. The average Bonchev–Trinajstić information content (AvgIpc) is 3.82. The molecule has 0 radical (unpaired) electrons. The maximum absolute atomic E-state index is 14.3. The Morgan fingerprint density at radius 3 is 2.48 bits per heavy atom. The van der Waals surface area contributed by atoms with Crippen LogP contribution in [-0.4, -0.2) is 106 Å². The van der Waals surface area contributed by atoms with Gasteiger partial charge in [0.05, 0.1) is 30.7 Å². The number of aromatic nitrogens is 2. The van der Waals surface area contributed by atoms with Crippen molar-refractivity contribution in [3.63, 3.8) is 0 Å². The number of thiophene rings is 1. The second-order valence-electron chi connectivity index (χ2n) is 13.2. The van der Waals surface area contributed by atoms with Crippen molar-refractivity contribution >= 4 is 45.2 Å². The zero-order valence-electron chi connectivity index (χ0n) is 28.7. The number of methoxy groups -OCH3 is 1. The van der Waals surface area contributed by atoms with E-state index < -0.39 is 42.0 Å². The van der Waals surface area contributed by atoms with Crippen LogP contribution in [0.5, 0.6) is 11.5 Å². The minimum atomic E-state index is -1.22. The Balaban J connectivity index is 1.37. The number of fused-ring (bicyclic) bond motifs is 3. The molecule has 3 N–H and O–H groups in total. The number of aliphatic hydroxyl groups is 1. The first-order valence-corrected chi connectivity index (χ1v) is 17.5. The van der Waals surface area contributed by atoms with Crippen LogP contribution in [-0.2, 0) is 16.6 Å². The number of carbonyl (C=O) groups is 4. The van der Waals surface area contributed by atoms with Crippen molar-refractivity contribution in [2.45, 2.75) is 51.5 Å². The summed E-state index contributed by atoms with van der Waals surface area (Å²) in [4.78, 5) is 59.7. The van der Waals surface area contributed by atoms with Crippen molar-refractivity contribution < 1.29 is 33.8 Å². The number of rotatable bonds is 5. The highest BCUT2D eigenvalue weighted by molar-refractivity contribution is 7.20. The SMILES string of the molecule is COc1ccc2cc1OC(C(=O)N1CC[C@@H](O)C1)[C@H](C)NC(=O)CN(C(=O)c1cc3c(-c4ccccc4)nn(C)c3s1)CC(C(C)C)NC2=O. The fourth-order valence-electron chi connectivity index (χ4n) is 6.33. The van der Waals surface area contributed by atoms with E-state index in [2.05, 4.69) is 15.7 Å². The van der Waals surface area contributed by atoms with E-state index in [0.29, 0.717) is 23.6 Å². The quantitative estimate of drug-likeness (QED) is 0.287. The molecule has 50 heavy (non-hydrogen) atoms. The third-order valence-corrected chi connectivity index (χ3v) is 10.4. The Kier molecular flexibility index (Phi) is 10.1. The molecular formula is C36H42N6O7S. The molecule has 2 unspecified atom stereocenters. The lowest BCUT2D eigenvalue weighted by molar-refractivity contribution is -0.139. The lowest BCUT2D eigenvalue weighted by Gasteiger charge is -2.32. The van der Waals surface area contributed by atoms with Crippen molar-refractivity contribution in [2.75, 3.05) is 33.3 Å². The number of nitrogens with zero attached hydrogens (tertiary/aromatic N) is 4. The third-order valence-electron chi connectivity index (χ3n) is 9.17. The molecule has 6 rings (SSSR count). The predicted octanol–water partition coefficient (Wildman–Crippen LogP) is 3.07. The topological polar surface area (TPSA) is 155 Å². The molecule has 4 aromatic rings. The van der Waals surface area contributed by atoms with E-state index in [-0.39, 0.29) is 42.8 Å². The van der Waals surface area contributed by atoms with Crippen LogP contribution in [0, 0.1) is 5.92 Å². The number of hydrogen-bond acceptors (Lipinski definition) is 9. The van der Waals surface area contributed by atoms with Gasteiger partial charge in [0.25, 0.3) is 17.7 Å². The maximum atomic E-state index is 14.3. The second-order valence-corrected chi connectivity index (χ2v) is 14.2. The molecule has 1 fully saturated rings. The molecule has 0 aliphatic carbocycles. The fourth-order valence-corrected chi connectivity index (χ4v) is 7.37. The van der Waals surface area contributed by atoms with Crippen LogP contribution in [0.1, 0.15) is 47.2 Å². The lowest BCUT2D eigenvalue weighted by atomic mass is 10.0. The van der Waals surface area contributed by atoms with Gasteiger partial charge in [0.1, 0.15) is 10.5 Å². The van der Waals surface area contributed by atoms with Gasteiger partial charge in [0.15, 0.2) is 17.6 Å². The van der Waals surface area contributed by atoms with E-state index in [1.807, 2.05) is 51.2 Å². The molecule has 0 spiro atoms. The van der Waals surface area contributed by atoms with Crippen molar-refractivity contribution in [2.24, 2.45) is 13.0 Å². The summed E-state index contributed by atoms with van der Waals surface area (Å²) in [6, 6.07) is 14.8. The molecule has 2 aliphatic heterocycles. The summed E-state index contributed by atoms with van der Waals surface area (Å²) in [6.07, 6.45) is -1.46. The fraction of sp³-hybridized carbons (Fsp3) is 0.417. The number of hydrogen-bond donors (Lipinski definition) is 3. The largest absolute Gasteiger partial charge is 0.493 e. The minimum Gasteiger partial charge on any atom is -0.493 e. The Hall–Kier alpha value is -4.95. The van der Waals surface area contributed by atoms with Crippen LogP contribution >= 0.6 is 11.3 Å². The smallest absolute Gasteiger partial charge is 0.265 e. The summed E-state index contributed by atoms with van der Waals surface area (Å²) in [5.74, 6) is -1.37. The van der Waals surface area contributed by atoms with E-state index in [4.69, 9.17) is 9.47 Å². The van der Waals surface area contributed by atoms with E-state index in [9.17, 15) is 24.3 Å². The molecular weight excluding hydrogens is 660 g/mol. The van der Waals surface area contributed by atoms with Gasteiger partial charge in [0, 0.05) is 49.2 Å². The molecule has 1 saturated heterocycles. The Labute approximate surface area is 294 Å². The number of aryl methyl sites for hydroxylation is 1. The van der Waals surface area contributed by atoms with E-state index >= 15 is 0 Å². The van der Waals surface area contributed by atoms with Crippen LogP contribution in [0.25, 0.3) is 21.5 Å². The zero-order chi connectivity index (χ0) is 35.7. The summed E-state index contributed by atoms with van der Waals surface area (Å²) in [6.45, 7) is 5.70. The van der Waals surface area contributed by atoms with E-state index in [0.717, 1.165) is 21.5 Å². The molecule has 14 heteroatoms. The van der Waals surface area contributed by atoms with Crippen LogP contribution in [0.15, 0.2) is 54.6 Å². The van der Waals surface area contributed by atoms with Crippen LogP contribution in [0.2, 0.25) is 0 Å². The molecule has 0 saturated carbocycles. The standard InChI is InChI=1S/C36H42N6O7S/c1-20(2)26-18-42(34(46)29-16-25-31(22-9-7-6-8-10-22)39-40(4)36(25)50-29)19-30(44)37-21(3)32(35(47)41-14-13-24(43)17-41)49-28-15-23(33(45)38-26)11-12-27(28)48-5/h6-12,15-16,20-21,24,26,32,43H,13-14,17-19H2,1-5H3,(H,37,44)(H,38,45)/t21-,24+,26?,32?/m0/s1. The molecule has 2 aromatic heterocycles. The van der Waals surface area contributed by atoms with Crippen LogP contribution in [0.3, 0.4) is 0 Å². The summed E-state index contributed by atoms with van der Waals surface area (Å²) < 4.78 is 13.5. The number of amides is 4. The summed E-state index contributed by atoms with van der Waals surface area (Å²) in [5.41, 5.74) is 1.94. The van der Waals surface area contributed by atoms with Gasteiger partial charge in [-0.05, 0) is 43.5 Å². The Morgan fingerprint density at radius 1 is 1.04 bits per heavy atom. The van der Waals surface area contributed by atoms with E-state index in [1.54, 1.807) is 29.8 Å². The first-order chi connectivity index (χ1) is 23.9. The number of aliphatic hydroxyl groups excluding tert-OH is 1. The monoisotopic (exact) mass is 702 g/mol. The van der Waals surface area contributed by atoms with Gasteiger partial charge in [-0.1, -0.05) is 44.2 Å². The highest BCUT2D eigenvalue weighted by atomic mass is 32.1. The molecule has 2 bridgehead atoms. The zero-order valence-corrected chi connectivity index (χ0v) is 29.5. The summed E-state index contributed by atoms with van der Waals surface area (Å²) in [7, 11) is 3.28. The van der Waals surface area contributed by atoms with Gasteiger partial charge in [-0.25, -0.2) is 0 Å². The molecule has 13 nitrogen and oxygen atoms in total. The first-order valence-electron chi connectivity index (χ1n) is 16.7. The number of β-amino-alcohol motifs (C(OH)–C–C–N with tert-alkyl or cyclic N) is 1. The highest BCUT2D eigenvalue weighted by Crippen LogP contribution is 2.35. The van der Waals surface area contributed by atoms with Gasteiger partial charge in [-0.3, -0.25) is 23.9 Å². The van der Waals surface area contributed by atoms with Gasteiger partial charge in [-0.15, -0.1) is 11.3 Å². The number of likely N-dealkylation sites (tertiary alicyclic amines) is 1. The molecule has 4 amide bonds. The average molecular weight is 703 g/mol. The van der Waals surface area contributed by atoms with Gasteiger partial charge in [0.2, 0.25) is 5.91 Å². The molecule has 2 aliphatic rings. The van der Waals surface area contributed by atoms with Gasteiger partial charge >= 0.3 is 0 Å². The van der Waals surface area contributed by atoms with Crippen LogP contribution in [0.4, 0.5) is 0 Å². The number of carbonyl (C=O) groups excluding carboxylic acids is 4. The van der Waals surface area contributed by atoms with Crippen molar-refractivity contribution in [3.05, 3.63) is 65.0 Å². The van der Waals surface area contributed by atoms with Gasteiger partial charge in [-0.2, -0.15) is 5.10 Å². The third kappa shape index (κ3) is 7.17. The number of ether oxygens (including phenoxy) is 2. The normalized spacial score (nSPS) is 21.8. The lowest BCUT2D eigenvalue weighted by Crippen LogP contribution is -2.56. The van der Waals surface area contributed by atoms with Crippen molar-refractivity contribution in [1.82, 2.24) is 30.2 Å². The predicted molar refractivity (Wildman–Crippen MR) is 188 cm³/mol. The minimum absolute atomic E-state index is 0.0512. The second kappa shape index (κ2) is 14.5. The summed E-state index contributed by atoms with van der Waals surface area (Å²) in [5, 5.41) is 21.6. The molecule has 264 valence electrons. The maximum Gasteiger partial charge on any atom is 0.265 e. The number of nitrogens with one attached hydrogen (secondary N) is 2. The first kappa shape index (κ1) is 34.9. The van der Waals surface area contributed by atoms with Crippen molar-refractivity contribution in [1.29, 1.82) is 0 Å².